The molecular weight excluding hydrogens is 292 g/mol. The van der Waals surface area contributed by atoms with Crippen LogP contribution in [-0.4, -0.2) is 4.98 Å². The number of aryl methyl sites for hydroxylation is 2. The van der Waals surface area contributed by atoms with Gasteiger partial charge >= 0.3 is 0 Å². The summed E-state index contributed by atoms with van der Waals surface area (Å²) >= 11 is 1.82. The van der Waals surface area contributed by atoms with Crippen LogP contribution in [0.3, 0.4) is 0 Å². The number of para-hydroxylation sites is 1. The third kappa shape index (κ3) is 2.98. The fourth-order valence-corrected chi connectivity index (χ4v) is 3.80. The Morgan fingerprint density at radius 2 is 2.00 bits per heavy atom. The van der Waals surface area contributed by atoms with Crippen molar-refractivity contribution >= 4 is 22.2 Å². The molecule has 22 heavy (non-hydrogen) atoms. The van der Waals surface area contributed by atoms with E-state index in [0.29, 0.717) is 6.54 Å². The lowest BCUT2D eigenvalue weighted by atomic mass is 10.1. The zero-order chi connectivity index (χ0) is 15.7. The fourth-order valence-electron chi connectivity index (χ4n) is 2.78. The molecule has 0 amide bonds. The molecule has 0 saturated heterocycles. The molecule has 1 atom stereocenters. The van der Waals surface area contributed by atoms with Gasteiger partial charge in [0.15, 0.2) is 0 Å². The molecule has 0 saturated carbocycles. The summed E-state index contributed by atoms with van der Waals surface area (Å²) in [6.07, 6.45) is 0. The van der Waals surface area contributed by atoms with Gasteiger partial charge in [-0.25, -0.2) is 0 Å². The summed E-state index contributed by atoms with van der Waals surface area (Å²) in [6.45, 7) is 6.98. The number of benzene rings is 1. The Hall–Kier alpha value is -1.91. The lowest BCUT2D eigenvalue weighted by Gasteiger charge is -2.14. The van der Waals surface area contributed by atoms with E-state index in [2.05, 4.69) is 37.1 Å². The average Bonchev–Trinajstić information content (AvgIpc) is 2.83. The number of aromatic amines is 1. The molecule has 0 bridgehead atoms. The van der Waals surface area contributed by atoms with Crippen LogP contribution in [0, 0.1) is 13.8 Å². The number of H-pyrrole nitrogens is 1. The Balaban J connectivity index is 1.80. The summed E-state index contributed by atoms with van der Waals surface area (Å²) in [6, 6.07) is 12.3. The van der Waals surface area contributed by atoms with E-state index in [-0.39, 0.29) is 11.6 Å². The van der Waals surface area contributed by atoms with Crippen LogP contribution in [0.5, 0.6) is 0 Å². The van der Waals surface area contributed by atoms with Crippen LogP contribution in [0.25, 0.3) is 10.9 Å². The minimum absolute atomic E-state index is 0.0170. The molecule has 0 fully saturated rings. The predicted octanol–water partition coefficient (Wildman–Crippen LogP) is 4.06. The Bertz CT molecular complexity index is 863. The van der Waals surface area contributed by atoms with Gasteiger partial charge in [-0.3, -0.25) is 4.79 Å². The Morgan fingerprint density at radius 1 is 1.23 bits per heavy atom. The SMILES string of the molecule is Cc1cc(C(C)NCc2cc3ccccc3[nH]c2=O)c(C)s1. The molecule has 0 aliphatic rings. The first-order valence-electron chi connectivity index (χ1n) is 7.46. The summed E-state index contributed by atoms with van der Waals surface area (Å²) in [4.78, 5) is 17.8. The van der Waals surface area contributed by atoms with Crippen LogP contribution in [0.2, 0.25) is 0 Å². The summed E-state index contributed by atoms with van der Waals surface area (Å²) in [5, 5.41) is 4.53. The summed E-state index contributed by atoms with van der Waals surface area (Å²) in [5.41, 5.74) is 2.96. The molecule has 0 spiro atoms. The Morgan fingerprint density at radius 3 is 2.73 bits per heavy atom. The van der Waals surface area contributed by atoms with Crippen molar-refractivity contribution in [1.29, 1.82) is 0 Å². The lowest BCUT2D eigenvalue weighted by molar-refractivity contribution is 0.572. The van der Waals surface area contributed by atoms with Gasteiger partial charge < -0.3 is 10.3 Å². The largest absolute Gasteiger partial charge is 0.322 e. The Kier molecular flexibility index (Phi) is 4.14. The molecular formula is C18H20N2OS. The highest BCUT2D eigenvalue weighted by atomic mass is 32.1. The van der Waals surface area contributed by atoms with Crippen LogP contribution < -0.4 is 10.9 Å². The lowest BCUT2D eigenvalue weighted by Crippen LogP contribution is -2.23. The van der Waals surface area contributed by atoms with Gasteiger partial charge in [0.25, 0.3) is 5.56 Å². The van der Waals surface area contributed by atoms with Crippen molar-refractivity contribution in [3.63, 3.8) is 0 Å². The molecule has 0 aliphatic heterocycles. The van der Waals surface area contributed by atoms with E-state index in [4.69, 9.17) is 0 Å². The standard InChI is InChI=1S/C18H20N2OS/c1-11-8-16(13(3)22-11)12(2)19-10-15-9-14-6-4-5-7-17(14)20-18(15)21/h4-9,12,19H,10H2,1-3H3,(H,20,21). The van der Waals surface area contributed by atoms with Crippen molar-refractivity contribution in [3.8, 4) is 0 Å². The van der Waals surface area contributed by atoms with Crippen molar-refractivity contribution in [3.05, 3.63) is 67.6 Å². The molecule has 2 N–H and O–H groups in total. The molecule has 3 rings (SSSR count). The second kappa shape index (κ2) is 6.07. The van der Waals surface area contributed by atoms with E-state index in [0.717, 1.165) is 16.5 Å². The number of aromatic nitrogens is 1. The van der Waals surface area contributed by atoms with Crippen molar-refractivity contribution < 1.29 is 0 Å². The number of hydrogen-bond acceptors (Lipinski definition) is 3. The van der Waals surface area contributed by atoms with Gasteiger partial charge in [-0.2, -0.15) is 0 Å². The number of pyridine rings is 1. The molecule has 114 valence electrons. The number of rotatable bonds is 4. The van der Waals surface area contributed by atoms with E-state index in [1.54, 1.807) is 0 Å². The number of hydrogen-bond donors (Lipinski definition) is 2. The topological polar surface area (TPSA) is 44.9 Å². The zero-order valence-corrected chi connectivity index (χ0v) is 13.9. The van der Waals surface area contributed by atoms with Crippen molar-refractivity contribution in [1.82, 2.24) is 10.3 Å². The highest BCUT2D eigenvalue weighted by molar-refractivity contribution is 7.12. The second-order valence-corrected chi connectivity index (χ2v) is 7.14. The molecule has 3 aromatic rings. The fraction of sp³-hybridized carbons (Fsp3) is 0.278. The van der Waals surface area contributed by atoms with E-state index in [1.807, 2.05) is 41.7 Å². The maximum atomic E-state index is 12.2. The average molecular weight is 312 g/mol. The summed E-state index contributed by atoms with van der Waals surface area (Å²) in [7, 11) is 0. The third-order valence-electron chi connectivity index (χ3n) is 3.97. The van der Waals surface area contributed by atoms with Gasteiger partial charge in [-0.1, -0.05) is 18.2 Å². The predicted molar refractivity (Wildman–Crippen MR) is 93.6 cm³/mol. The van der Waals surface area contributed by atoms with E-state index in [1.165, 1.54) is 15.3 Å². The molecule has 2 heterocycles. The minimum Gasteiger partial charge on any atom is -0.322 e. The highest BCUT2D eigenvalue weighted by Crippen LogP contribution is 2.26. The van der Waals surface area contributed by atoms with Gasteiger partial charge in [0.1, 0.15) is 0 Å². The molecule has 3 nitrogen and oxygen atoms in total. The first-order valence-corrected chi connectivity index (χ1v) is 8.27. The van der Waals surface area contributed by atoms with Gasteiger partial charge in [0.2, 0.25) is 0 Å². The molecule has 1 aromatic carbocycles. The van der Waals surface area contributed by atoms with Crippen molar-refractivity contribution in [2.75, 3.05) is 0 Å². The first kappa shape index (κ1) is 15.0. The number of nitrogens with one attached hydrogen (secondary N) is 2. The monoisotopic (exact) mass is 312 g/mol. The highest BCUT2D eigenvalue weighted by Gasteiger charge is 2.11. The summed E-state index contributed by atoms with van der Waals surface area (Å²) < 4.78 is 0. The molecule has 0 radical (unpaired) electrons. The second-order valence-electron chi connectivity index (χ2n) is 5.68. The molecule has 2 aromatic heterocycles. The maximum absolute atomic E-state index is 12.2. The van der Waals surface area contributed by atoms with Gasteiger partial charge in [-0.15, -0.1) is 11.3 Å². The van der Waals surface area contributed by atoms with Gasteiger partial charge in [-0.05, 0) is 49.9 Å². The van der Waals surface area contributed by atoms with Gasteiger partial charge in [0.05, 0.1) is 0 Å². The van der Waals surface area contributed by atoms with Crippen LogP contribution in [-0.2, 0) is 6.54 Å². The van der Waals surface area contributed by atoms with Gasteiger partial charge in [0, 0.05) is 33.4 Å². The van der Waals surface area contributed by atoms with E-state index < -0.39 is 0 Å². The summed E-state index contributed by atoms with van der Waals surface area (Å²) in [5.74, 6) is 0. The molecule has 1 unspecified atom stereocenters. The normalized spacial score (nSPS) is 12.7. The molecule has 0 aliphatic carbocycles. The van der Waals surface area contributed by atoms with Crippen molar-refractivity contribution in [2.24, 2.45) is 0 Å². The van der Waals surface area contributed by atoms with E-state index >= 15 is 0 Å². The third-order valence-corrected chi connectivity index (χ3v) is 4.96. The zero-order valence-electron chi connectivity index (χ0n) is 13.1. The maximum Gasteiger partial charge on any atom is 0.252 e. The van der Waals surface area contributed by atoms with Crippen LogP contribution in [0.1, 0.15) is 33.8 Å². The Labute approximate surface area is 134 Å². The van der Waals surface area contributed by atoms with Crippen LogP contribution >= 0.6 is 11.3 Å². The number of thiophene rings is 1. The smallest absolute Gasteiger partial charge is 0.252 e. The minimum atomic E-state index is -0.0170. The van der Waals surface area contributed by atoms with Crippen LogP contribution in [0.4, 0.5) is 0 Å². The quantitative estimate of drug-likeness (QED) is 0.763. The first-order chi connectivity index (χ1) is 10.5. The van der Waals surface area contributed by atoms with Crippen LogP contribution in [0.15, 0.2) is 41.2 Å². The van der Waals surface area contributed by atoms with Crippen molar-refractivity contribution in [2.45, 2.75) is 33.4 Å². The number of fused-ring (bicyclic) bond motifs is 1. The molecule has 4 heteroatoms. The van der Waals surface area contributed by atoms with E-state index in [9.17, 15) is 4.79 Å².